The van der Waals surface area contributed by atoms with Crippen LogP contribution in [-0.4, -0.2) is 38.4 Å². The molecule has 1 aliphatic carbocycles. The van der Waals surface area contributed by atoms with Crippen molar-refractivity contribution < 1.29 is 30.0 Å². The van der Waals surface area contributed by atoms with Gasteiger partial charge in [0.25, 0.3) is 0 Å². The average Bonchev–Trinajstić information content (AvgIpc) is 2.69. The molecule has 0 amide bonds. The number of hydrogen-bond acceptors (Lipinski definition) is 6. The third-order valence-electron chi connectivity index (χ3n) is 4.33. The van der Waals surface area contributed by atoms with Gasteiger partial charge in [-0.15, -0.1) is 0 Å². The van der Waals surface area contributed by atoms with Gasteiger partial charge in [0.2, 0.25) is 0 Å². The minimum absolute atomic E-state index is 0.0160. The van der Waals surface area contributed by atoms with E-state index in [0.29, 0.717) is 16.9 Å². The van der Waals surface area contributed by atoms with Gasteiger partial charge in [0.1, 0.15) is 18.1 Å². The van der Waals surface area contributed by atoms with E-state index in [2.05, 4.69) is 0 Å². The monoisotopic (exact) mass is 300 g/mol. The lowest BCUT2D eigenvalue weighted by atomic mass is 9.80. The second-order valence-electron chi connectivity index (χ2n) is 5.63. The molecule has 0 aromatic heterocycles. The molecule has 0 fully saturated rings. The Morgan fingerprint density at radius 2 is 1.77 bits per heavy atom. The summed E-state index contributed by atoms with van der Waals surface area (Å²) in [5.41, 5.74) is -0.652. The number of carbonyl (C=O) groups excluding carboxylic acids is 1. The van der Waals surface area contributed by atoms with Gasteiger partial charge in [-0.1, -0.05) is 6.07 Å². The predicted octanol–water partition coefficient (Wildman–Crippen LogP) is 1.26. The fraction of sp³-hybridized carbons (Fsp3) is 0.188. The molecule has 2 aromatic rings. The van der Waals surface area contributed by atoms with E-state index in [1.807, 2.05) is 0 Å². The van der Waals surface area contributed by atoms with Gasteiger partial charge in [-0.3, -0.25) is 4.79 Å². The van der Waals surface area contributed by atoms with Crippen LogP contribution in [0.5, 0.6) is 23.0 Å². The van der Waals surface area contributed by atoms with Crippen LogP contribution in [0, 0.1) is 0 Å². The number of phenols is 3. The van der Waals surface area contributed by atoms with Crippen LogP contribution in [-0.2, 0) is 0 Å². The van der Waals surface area contributed by atoms with Crippen LogP contribution in [0.2, 0.25) is 0 Å². The first-order chi connectivity index (χ1) is 10.4. The molecule has 2 aromatic carbocycles. The highest BCUT2D eigenvalue weighted by Gasteiger charge is 2.56. The Balaban J connectivity index is 2.01. The number of ketones is 1. The molecule has 4 N–H and O–H groups in total. The lowest BCUT2D eigenvalue weighted by Gasteiger charge is -2.35. The SMILES string of the molecule is O=C1c2cc(O)c(O)cc2[C@@H]2c3ccc(O)cc3OC[C@]12O. The molecule has 2 aliphatic rings. The number of carbonyl (C=O) groups is 1. The van der Waals surface area contributed by atoms with Gasteiger partial charge >= 0.3 is 0 Å². The number of benzene rings is 2. The molecule has 0 unspecified atom stereocenters. The predicted molar refractivity (Wildman–Crippen MR) is 74.5 cm³/mol. The molecule has 0 saturated carbocycles. The van der Waals surface area contributed by atoms with Crippen molar-refractivity contribution in [2.75, 3.05) is 6.61 Å². The molecule has 0 bridgehead atoms. The van der Waals surface area contributed by atoms with Gasteiger partial charge in [-0.25, -0.2) is 0 Å². The van der Waals surface area contributed by atoms with Gasteiger partial charge in [0, 0.05) is 17.2 Å². The van der Waals surface area contributed by atoms with Crippen LogP contribution < -0.4 is 4.74 Å². The molecule has 0 spiro atoms. The zero-order valence-electron chi connectivity index (χ0n) is 11.3. The van der Waals surface area contributed by atoms with Crippen molar-refractivity contribution in [1.29, 1.82) is 0 Å². The fourth-order valence-corrected chi connectivity index (χ4v) is 3.30. The Bertz CT molecular complexity index is 828. The molecular formula is C16H12O6. The maximum atomic E-state index is 12.5. The first-order valence-electron chi connectivity index (χ1n) is 6.70. The summed E-state index contributed by atoms with van der Waals surface area (Å²) >= 11 is 0. The van der Waals surface area contributed by atoms with Crippen LogP contribution in [0.1, 0.15) is 27.4 Å². The number of aliphatic hydroxyl groups is 1. The van der Waals surface area contributed by atoms with Crippen LogP contribution >= 0.6 is 0 Å². The number of hydrogen-bond donors (Lipinski definition) is 4. The van der Waals surface area contributed by atoms with Crippen LogP contribution in [0.4, 0.5) is 0 Å². The first kappa shape index (κ1) is 13.0. The summed E-state index contributed by atoms with van der Waals surface area (Å²) < 4.78 is 5.43. The van der Waals surface area contributed by atoms with Crippen molar-refractivity contribution in [3.05, 3.63) is 47.0 Å². The van der Waals surface area contributed by atoms with Crippen LogP contribution in [0.3, 0.4) is 0 Å². The number of phenolic OH excluding ortho intramolecular Hbond substituents is 3. The summed E-state index contributed by atoms with van der Waals surface area (Å²) in [5, 5.41) is 39.7. The summed E-state index contributed by atoms with van der Waals surface area (Å²) in [6.07, 6.45) is 0. The minimum atomic E-state index is -1.79. The Morgan fingerprint density at radius 1 is 1.05 bits per heavy atom. The fourth-order valence-electron chi connectivity index (χ4n) is 3.30. The summed E-state index contributed by atoms with van der Waals surface area (Å²) in [6, 6.07) is 6.87. The number of aromatic hydroxyl groups is 3. The zero-order chi connectivity index (χ0) is 15.6. The van der Waals surface area contributed by atoms with Crippen LogP contribution in [0.25, 0.3) is 0 Å². The Morgan fingerprint density at radius 3 is 2.55 bits per heavy atom. The highest BCUT2D eigenvalue weighted by Crippen LogP contribution is 2.52. The van der Waals surface area contributed by atoms with E-state index in [4.69, 9.17) is 4.74 Å². The van der Waals surface area contributed by atoms with E-state index >= 15 is 0 Å². The third-order valence-corrected chi connectivity index (χ3v) is 4.33. The van der Waals surface area contributed by atoms with E-state index < -0.39 is 23.1 Å². The maximum absolute atomic E-state index is 12.5. The molecule has 6 nitrogen and oxygen atoms in total. The normalized spacial score (nSPS) is 25.1. The smallest absolute Gasteiger partial charge is 0.199 e. The van der Waals surface area contributed by atoms with Crippen molar-refractivity contribution in [3.8, 4) is 23.0 Å². The average molecular weight is 300 g/mol. The lowest BCUT2D eigenvalue weighted by molar-refractivity contribution is -0.00777. The van der Waals surface area contributed by atoms with E-state index in [-0.39, 0.29) is 23.7 Å². The van der Waals surface area contributed by atoms with Gasteiger partial charge in [0.05, 0.1) is 5.92 Å². The zero-order valence-corrected chi connectivity index (χ0v) is 11.3. The van der Waals surface area contributed by atoms with Gasteiger partial charge in [-0.05, 0) is 23.8 Å². The highest BCUT2D eigenvalue weighted by atomic mass is 16.5. The Labute approximate surface area is 124 Å². The molecule has 1 aliphatic heterocycles. The van der Waals surface area contributed by atoms with E-state index in [9.17, 15) is 25.2 Å². The molecule has 6 heteroatoms. The van der Waals surface area contributed by atoms with E-state index in [0.717, 1.165) is 6.07 Å². The van der Waals surface area contributed by atoms with Crippen molar-refractivity contribution >= 4 is 5.78 Å². The Hall–Kier alpha value is -2.73. The van der Waals surface area contributed by atoms with Crippen molar-refractivity contribution in [2.45, 2.75) is 11.5 Å². The largest absolute Gasteiger partial charge is 0.508 e. The first-order valence-corrected chi connectivity index (χ1v) is 6.70. The molecule has 1 heterocycles. The number of rotatable bonds is 0. The van der Waals surface area contributed by atoms with Gasteiger partial charge in [-0.2, -0.15) is 0 Å². The van der Waals surface area contributed by atoms with Crippen molar-refractivity contribution in [2.24, 2.45) is 0 Å². The second-order valence-corrected chi connectivity index (χ2v) is 5.63. The summed E-state index contributed by atoms with van der Waals surface area (Å²) in [7, 11) is 0. The molecule has 22 heavy (non-hydrogen) atoms. The van der Waals surface area contributed by atoms with Crippen molar-refractivity contribution in [1.82, 2.24) is 0 Å². The minimum Gasteiger partial charge on any atom is -0.508 e. The maximum Gasteiger partial charge on any atom is 0.199 e. The molecule has 2 atom stereocenters. The third kappa shape index (κ3) is 1.44. The molecule has 4 rings (SSSR count). The van der Waals surface area contributed by atoms with Crippen LogP contribution in [0.15, 0.2) is 30.3 Å². The number of Topliss-reactive ketones (excluding diaryl/α,β-unsaturated/α-hetero) is 1. The molecule has 0 radical (unpaired) electrons. The Kier molecular flexibility index (Phi) is 2.31. The molecular weight excluding hydrogens is 288 g/mol. The summed E-state index contributed by atoms with van der Waals surface area (Å²) in [6.45, 7) is -0.261. The quantitative estimate of drug-likeness (QED) is 0.546. The standard InChI is InChI=1S/C16H12O6/c17-7-1-2-8-13(3-7)22-6-16(21)14(8)9-4-11(18)12(19)5-10(9)15(16)20/h1-5,14,17-19,21H,6H2/t14-,16+/m0/s1. The van der Waals surface area contributed by atoms with E-state index in [1.54, 1.807) is 6.07 Å². The van der Waals surface area contributed by atoms with Gasteiger partial charge < -0.3 is 25.2 Å². The number of fused-ring (bicyclic) bond motifs is 5. The van der Waals surface area contributed by atoms with Crippen molar-refractivity contribution in [3.63, 3.8) is 0 Å². The highest BCUT2D eigenvalue weighted by molar-refractivity contribution is 6.09. The van der Waals surface area contributed by atoms with E-state index in [1.165, 1.54) is 18.2 Å². The number of ether oxygens (including phenoxy) is 1. The second kappa shape index (κ2) is 3.92. The lowest BCUT2D eigenvalue weighted by Crippen LogP contribution is -2.48. The summed E-state index contributed by atoms with van der Waals surface area (Å²) in [5.74, 6) is -1.65. The molecule has 112 valence electrons. The summed E-state index contributed by atoms with van der Waals surface area (Å²) in [4.78, 5) is 12.5. The molecule has 0 saturated heterocycles. The topological polar surface area (TPSA) is 107 Å². The van der Waals surface area contributed by atoms with Gasteiger partial charge in [0.15, 0.2) is 22.9 Å².